The minimum Gasteiger partial charge on any atom is -0.444 e. The number of para-hydroxylation sites is 1. The highest BCUT2D eigenvalue weighted by Crippen LogP contribution is 2.34. The molecule has 2 N–H and O–H groups in total. The van der Waals surface area contributed by atoms with Gasteiger partial charge in [-0.2, -0.15) is 0 Å². The van der Waals surface area contributed by atoms with Crippen LogP contribution in [0.25, 0.3) is 0 Å². The highest BCUT2D eigenvalue weighted by Gasteiger charge is 2.43. The third-order valence-electron chi connectivity index (χ3n) is 6.72. The van der Waals surface area contributed by atoms with E-state index in [1.807, 2.05) is 97.0 Å². The fraction of sp³-hybridized carbons (Fsp3) is 0.531. The number of nitrogens with zero attached hydrogens (tertiary/aromatic N) is 1. The first-order chi connectivity index (χ1) is 18.1. The highest BCUT2D eigenvalue weighted by atomic mass is 16.6. The van der Waals surface area contributed by atoms with E-state index in [0.717, 1.165) is 11.1 Å². The number of ether oxygens (including phenoxy) is 1. The molecule has 0 aromatic heterocycles. The predicted molar refractivity (Wildman–Crippen MR) is 158 cm³/mol. The molecule has 214 valence electrons. The molecule has 0 bridgehead atoms. The molecule has 2 aromatic carbocycles. The molecule has 0 heterocycles. The summed E-state index contributed by atoms with van der Waals surface area (Å²) in [4.78, 5) is 43.1. The number of carbonyl (C=O) groups is 3. The van der Waals surface area contributed by atoms with E-state index < -0.39 is 29.3 Å². The fourth-order valence-corrected chi connectivity index (χ4v) is 4.43. The molecule has 0 saturated carbocycles. The molecule has 2 atom stereocenters. The molecule has 2 aromatic rings. The minimum atomic E-state index is -0.929. The average molecular weight is 538 g/mol. The molecule has 0 aliphatic rings. The molecule has 3 amide bonds. The summed E-state index contributed by atoms with van der Waals surface area (Å²) in [5.41, 5.74) is 1.87. The van der Waals surface area contributed by atoms with Gasteiger partial charge in [-0.05, 0) is 84.4 Å². The number of nitrogens with one attached hydrogen (secondary N) is 2. The Kier molecular flexibility index (Phi) is 10.7. The number of rotatable bonds is 10. The van der Waals surface area contributed by atoms with Crippen molar-refractivity contribution in [2.24, 2.45) is 5.92 Å². The van der Waals surface area contributed by atoms with E-state index >= 15 is 0 Å². The van der Waals surface area contributed by atoms with E-state index in [-0.39, 0.29) is 17.7 Å². The molecule has 0 aliphatic heterocycles. The Bertz CT molecular complexity index is 1150. The summed E-state index contributed by atoms with van der Waals surface area (Å²) >= 11 is 0. The number of aryl methyl sites for hydroxylation is 2. The summed E-state index contributed by atoms with van der Waals surface area (Å²) in [5, 5.41) is 5.88. The van der Waals surface area contributed by atoms with Gasteiger partial charge in [-0.1, -0.05) is 68.8 Å². The van der Waals surface area contributed by atoms with Gasteiger partial charge in [0.1, 0.15) is 17.7 Å². The number of hydrogen-bond donors (Lipinski definition) is 2. The van der Waals surface area contributed by atoms with E-state index in [9.17, 15) is 14.4 Å². The van der Waals surface area contributed by atoms with Gasteiger partial charge in [0.05, 0.1) is 0 Å². The Hall–Kier alpha value is -3.35. The first kappa shape index (κ1) is 31.9. The third-order valence-corrected chi connectivity index (χ3v) is 6.72. The molecule has 39 heavy (non-hydrogen) atoms. The lowest BCUT2D eigenvalue weighted by atomic mass is 9.90. The molecule has 0 spiro atoms. The van der Waals surface area contributed by atoms with Crippen molar-refractivity contribution in [2.75, 3.05) is 5.32 Å². The van der Waals surface area contributed by atoms with Gasteiger partial charge in [0.2, 0.25) is 5.91 Å². The molecule has 0 fully saturated rings. The topological polar surface area (TPSA) is 87.7 Å². The summed E-state index contributed by atoms with van der Waals surface area (Å²) < 4.78 is 5.49. The van der Waals surface area contributed by atoms with Gasteiger partial charge < -0.3 is 20.3 Å². The largest absolute Gasteiger partial charge is 0.444 e. The van der Waals surface area contributed by atoms with Crippen LogP contribution in [0.5, 0.6) is 0 Å². The summed E-state index contributed by atoms with van der Waals surface area (Å²) in [5.74, 6) is -0.531. The molecule has 0 aliphatic carbocycles. The zero-order chi connectivity index (χ0) is 29.5. The van der Waals surface area contributed by atoms with Crippen molar-refractivity contribution < 1.29 is 19.1 Å². The van der Waals surface area contributed by atoms with Gasteiger partial charge in [0.25, 0.3) is 5.91 Å². The van der Waals surface area contributed by atoms with Gasteiger partial charge in [0, 0.05) is 11.2 Å². The van der Waals surface area contributed by atoms with E-state index in [2.05, 4.69) is 10.6 Å². The smallest absolute Gasteiger partial charge is 0.408 e. The number of hydrogen-bond acceptors (Lipinski definition) is 4. The summed E-state index contributed by atoms with van der Waals surface area (Å²) in [6.45, 7) is 19.1. The van der Waals surface area contributed by atoms with Crippen molar-refractivity contribution in [3.05, 3.63) is 65.2 Å². The molecule has 0 radical (unpaired) electrons. The number of anilines is 1. The molecule has 7 nitrogen and oxygen atoms in total. The third kappa shape index (κ3) is 9.12. The first-order valence-corrected chi connectivity index (χ1v) is 13.8. The Balaban J connectivity index is 2.65. The van der Waals surface area contributed by atoms with E-state index in [1.165, 1.54) is 0 Å². The lowest BCUT2D eigenvalue weighted by Gasteiger charge is -2.45. The van der Waals surface area contributed by atoms with Crippen molar-refractivity contribution >= 4 is 23.6 Å². The van der Waals surface area contributed by atoms with Crippen molar-refractivity contribution in [3.8, 4) is 0 Å². The fourth-order valence-electron chi connectivity index (χ4n) is 4.43. The Morgan fingerprint density at radius 1 is 0.949 bits per heavy atom. The standard InChI is InChI=1S/C32H47N3O4/c1-11-32(9,10)35(29(37)26(19-21(2)3)34-30(38)39-31(6,7)8)27(24-17-14-15-22(4)20-24)28(36)33-25-18-13-12-16-23(25)5/h12-18,20-21,26-27H,11,19H2,1-10H3,(H,33,36)(H,34,38). The van der Waals surface area contributed by atoms with Crippen LogP contribution in [0.4, 0.5) is 10.5 Å². The normalized spacial score (nSPS) is 13.4. The van der Waals surface area contributed by atoms with Crippen LogP contribution in [0.15, 0.2) is 48.5 Å². The van der Waals surface area contributed by atoms with Crippen LogP contribution in [-0.2, 0) is 14.3 Å². The Labute approximate surface area is 234 Å². The highest BCUT2D eigenvalue weighted by molar-refractivity contribution is 5.99. The quantitative estimate of drug-likeness (QED) is 0.344. The van der Waals surface area contributed by atoms with Gasteiger partial charge in [-0.25, -0.2) is 4.79 Å². The second kappa shape index (κ2) is 13.1. The zero-order valence-corrected chi connectivity index (χ0v) is 25.3. The molecular formula is C32H47N3O4. The van der Waals surface area contributed by atoms with Crippen molar-refractivity contribution in [1.82, 2.24) is 10.2 Å². The van der Waals surface area contributed by atoms with E-state index in [4.69, 9.17) is 4.74 Å². The van der Waals surface area contributed by atoms with Crippen LogP contribution in [0, 0.1) is 19.8 Å². The molecule has 0 saturated heterocycles. The van der Waals surface area contributed by atoms with Crippen LogP contribution in [0.1, 0.15) is 91.0 Å². The van der Waals surface area contributed by atoms with E-state index in [0.29, 0.717) is 24.1 Å². The lowest BCUT2D eigenvalue weighted by Crippen LogP contribution is -2.59. The van der Waals surface area contributed by atoms with Gasteiger partial charge in [0.15, 0.2) is 0 Å². The second-order valence-electron chi connectivity index (χ2n) is 12.3. The molecular weight excluding hydrogens is 490 g/mol. The van der Waals surface area contributed by atoms with Gasteiger partial charge >= 0.3 is 6.09 Å². The average Bonchev–Trinajstić information content (AvgIpc) is 2.81. The van der Waals surface area contributed by atoms with Gasteiger partial charge in [-0.3, -0.25) is 9.59 Å². The predicted octanol–water partition coefficient (Wildman–Crippen LogP) is 6.94. The van der Waals surface area contributed by atoms with Crippen LogP contribution in [0.2, 0.25) is 0 Å². The molecule has 7 heteroatoms. The Morgan fingerprint density at radius 3 is 2.13 bits per heavy atom. The monoisotopic (exact) mass is 537 g/mol. The van der Waals surface area contributed by atoms with E-state index in [1.54, 1.807) is 25.7 Å². The maximum atomic E-state index is 14.5. The maximum absolute atomic E-state index is 14.5. The minimum absolute atomic E-state index is 0.110. The van der Waals surface area contributed by atoms with Crippen molar-refractivity contribution in [3.63, 3.8) is 0 Å². The Morgan fingerprint density at radius 2 is 1.59 bits per heavy atom. The van der Waals surface area contributed by atoms with Crippen LogP contribution in [0.3, 0.4) is 0 Å². The lowest BCUT2D eigenvalue weighted by molar-refractivity contribution is -0.148. The summed E-state index contributed by atoms with van der Waals surface area (Å²) in [7, 11) is 0. The van der Waals surface area contributed by atoms with Crippen LogP contribution < -0.4 is 10.6 Å². The van der Waals surface area contributed by atoms with Crippen molar-refractivity contribution in [2.45, 2.75) is 105 Å². The van der Waals surface area contributed by atoms with Crippen molar-refractivity contribution in [1.29, 1.82) is 0 Å². The molecule has 2 rings (SSSR count). The number of alkyl carbamates (subject to hydrolysis) is 1. The van der Waals surface area contributed by atoms with Crippen LogP contribution >= 0.6 is 0 Å². The van der Waals surface area contributed by atoms with Crippen LogP contribution in [-0.4, -0.2) is 40.0 Å². The number of carbonyl (C=O) groups excluding carboxylic acids is 3. The molecule has 2 unspecified atom stereocenters. The van der Waals surface area contributed by atoms with Gasteiger partial charge in [-0.15, -0.1) is 0 Å². The number of benzene rings is 2. The maximum Gasteiger partial charge on any atom is 0.408 e. The first-order valence-electron chi connectivity index (χ1n) is 13.8. The summed E-state index contributed by atoms with van der Waals surface area (Å²) in [6.07, 6.45) is 0.334. The SMILES string of the molecule is CCC(C)(C)N(C(=O)C(CC(C)C)NC(=O)OC(C)(C)C)C(C(=O)Nc1ccccc1C)c1cccc(C)c1. The number of amides is 3. The zero-order valence-electron chi connectivity index (χ0n) is 25.3. The summed E-state index contributed by atoms with van der Waals surface area (Å²) in [6, 6.07) is 13.4. The second-order valence-corrected chi connectivity index (χ2v) is 12.3.